The first-order valence-corrected chi connectivity index (χ1v) is 7.87. The van der Waals surface area contributed by atoms with Gasteiger partial charge in [-0.25, -0.2) is 19.9 Å². The average Bonchev–Trinajstić information content (AvgIpc) is 2.61. The molecule has 1 aliphatic heterocycles. The van der Waals surface area contributed by atoms with Gasteiger partial charge in [-0.1, -0.05) is 0 Å². The highest BCUT2D eigenvalue weighted by Gasteiger charge is 2.34. The molecule has 2 aromatic rings. The number of anilines is 1. The van der Waals surface area contributed by atoms with Gasteiger partial charge in [0.2, 0.25) is 5.95 Å². The molecule has 0 radical (unpaired) electrons. The number of carbonyl (C=O) groups is 1. The van der Waals surface area contributed by atoms with Gasteiger partial charge in [0.15, 0.2) is 0 Å². The molecule has 1 fully saturated rings. The van der Waals surface area contributed by atoms with E-state index in [2.05, 4.69) is 25.3 Å². The number of aryl methyl sites for hydroxylation is 1. The molecule has 2 N–H and O–H groups in total. The molecule has 0 spiro atoms. The molecular formula is C16H20N6O2. The number of aromatic nitrogens is 4. The predicted molar refractivity (Wildman–Crippen MR) is 87.5 cm³/mol. The maximum Gasteiger partial charge on any atom is 0.254 e. The zero-order chi connectivity index (χ0) is 17.0. The first-order chi connectivity index (χ1) is 11.6. The smallest absolute Gasteiger partial charge is 0.254 e. The van der Waals surface area contributed by atoms with Gasteiger partial charge in [-0.3, -0.25) is 4.79 Å². The van der Waals surface area contributed by atoms with Gasteiger partial charge < -0.3 is 15.3 Å². The van der Waals surface area contributed by atoms with Gasteiger partial charge in [-0.2, -0.15) is 0 Å². The Morgan fingerprint density at radius 3 is 2.92 bits per heavy atom. The molecule has 8 nitrogen and oxygen atoms in total. The third-order valence-electron chi connectivity index (χ3n) is 4.12. The Hall–Kier alpha value is -2.61. The summed E-state index contributed by atoms with van der Waals surface area (Å²) >= 11 is 0. The number of amides is 1. The number of aliphatic hydroxyl groups is 1. The first kappa shape index (κ1) is 16.3. The van der Waals surface area contributed by atoms with Crippen molar-refractivity contribution in [2.45, 2.75) is 25.4 Å². The van der Waals surface area contributed by atoms with E-state index in [0.29, 0.717) is 30.2 Å². The van der Waals surface area contributed by atoms with E-state index in [-0.39, 0.29) is 12.5 Å². The summed E-state index contributed by atoms with van der Waals surface area (Å²) in [7, 11) is 0. The largest absolute Gasteiger partial charge is 0.386 e. The number of nitrogens with one attached hydrogen (secondary N) is 1. The fraction of sp³-hybridized carbons (Fsp3) is 0.438. The quantitative estimate of drug-likeness (QED) is 0.834. The normalized spacial score (nSPS) is 20.7. The number of β-amino-alcohol motifs (C(OH)–C–C–N with tert-alkyl or cyclic N) is 1. The van der Waals surface area contributed by atoms with E-state index >= 15 is 0 Å². The summed E-state index contributed by atoms with van der Waals surface area (Å²) in [6.07, 6.45) is 7.65. The van der Waals surface area contributed by atoms with E-state index in [4.69, 9.17) is 0 Å². The molecule has 0 unspecified atom stereocenters. The van der Waals surface area contributed by atoms with E-state index in [1.54, 1.807) is 25.4 Å². The molecular weight excluding hydrogens is 308 g/mol. The summed E-state index contributed by atoms with van der Waals surface area (Å²) in [6.45, 7) is 3.07. The van der Waals surface area contributed by atoms with E-state index in [0.717, 1.165) is 13.0 Å². The molecule has 1 saturated heterocycles. The van der Waals surface area contributed by atoms with Crippen LogP contribution in [-0.4, -0.2) is 56.2 Å². The molecule has 0 bridgehead atoms. The number of nitrogens with zero attached hydrogens (tertiary/aromatic N) is 5. The Morgan fingerprint density at radius 1 is 1.38 bits per heavy atom. The number of carbonyl (C=O) groups excluding carboxylic acids is 1. The molecule has 1 aliphatic rings. The van der Waals surface area contributed by atoms with Crippen molar-refractivity contribution < 1.29 is 9.90 Å². The van der Waals surface area contributed by atoms with Crippen LogP contribution in [0.1, 0.15) is 28.9 Å². The zero-order valence-corrected chi connectivity index (χ0v) is 13.5. The van der Waals surface area contributed by atoms with Crippen LogP contribution in [0.25, 0.3) is 0 Å². The molecule has 24 heavy (non-hydrogen) atoms. The number of piperidine rings is 1. The summed E-state index contributed by atoms with van der Waals surface area (Å²) in [5.41, 5.74) is 0.00835. The van der Waals surface area contributed by atoms with Crippen LogP contribution in [0, 0.1) is 6.92 Å². The third-order valence-corrected chi connectivity index (χ3v) is 4.12. The predicted octanol–water partition coefficient (Wildman–Crippen LogP) is 0.336. The molecule has 2 aromatic heterocycles. The van der Waals surface area contributed by atoms with E-state index in [9.17, 15) is 9.90 Å². The van der Waals surface area contributed by atoms with Crippen LogP contribution < -0.4 is 10.2 Å². The van der Waals surface area contributed by atoms with Gasteiger partial charge >= 0.3 is 0 Å². The second kappa shape index (κ2) is 6.88. The topological polar surface area (TPSA) is 104 Å². The highest BCUT2D eigenvalue weighted by molar-refractivity contribution is 5.94. The molecule has 1 amide bonds. The Bertz CT molecular complexity index is 711. The van der Waals surface area contributed by atoms with Crippen molar-refractivity contribution in [2.75, 3.05) is 24.5 Å². The molecule has 3 heterocycles. The fourth-order valence-corrected chi connectivity index (χ4v) is 2.84. The number of hydrogen-bond acceptors (Lipinski definition) is 7. The van der Waals surface area contributed by atoms with Crippen molar-refractivity contribution in [2.24, 2.45) is 0 Å². The number of hydrogen-bond donors (Lipinski definition) is 2. The molecule has 8 heteroatoms. The Labute approximate surface area is 140 Å². The molecule has 1 atom stereocenters. The van der Waals surface area contributed by atoms with Gasteiger partial charge in [-0.05, 0) is 25.8 Å². The summed E-state index contributed by atoms with van der Waals surface area (Å²) in [5.74, 6) is 0.309. The van der Waals surface area contributed by atoms with E-state index < -0.39 is 5.60 Å². The van der Waals surface area contributed by atoms with Crippen LogP contribution >= 0.6 is 0 Å². The first-order valence-electron chi connectivity index (χ1n) is 7.87. The van der Waals surface area contributed by atoms with Crippen molar-refractivity contribution >= 4 is 11.9 Å². The van der Waals surface area contributed by atoms with Crippen molar-refractivity contribution in [3.05, 3.63) is 42.2 Å². The van der Waals surface area contributed by atoms with Gasteiger partial charge in [0, 0.05) is 31.7 Å². The standard InChI is InChI=1S/C16H20N6O2/c1-12-13(8-17-11-21-12)14(23)20-9-16(24)4-2-7-22(10-16)15-18-5-3-6-19-15/h3,5-6,8,11,24H,2,4,7,9-10H2,1H3,(H,20,23)/t16-/m1/s1. The maximum atomic E-state index is 12.3. The van der Waals surface area contributed by atoms with Crippen molar-refractivity contribution in [3.63, 3.8) is 0 Å². The zero-order valence-electron chi connectivity index (χ0n) is 13.5. The van der Waals surface area contributed by atoms with Crippen LogP contribution in [0.5, 0.6) is 0 Å². The monoisotopic (exact) mass is 328 g/mol. The van der Waals surface area contributed by atoms with Crippen LogP contribution in [0.15, 0.2) is 31.0 Å². The van der Waals surface area contributed by atoms with E-state index in [1.807, 2.05) is 4.90 Å². The van der Waals surface area contributed by atoms with Crippen molar-refractivity contribution in [3.8, 4) is 0 Å². The van der Waals surface area contributed by atoms with Gasteiger partial charge in [0.05, 0.1) is 23.4 Å². The lowest BCUT2D eigenvalue weighted by atomic mass is 9.93. The van der Waals surface area contributed by atoms with Crippen molar-refractivity contribution in [1.82, 2.24) is 25.3 Å². The van der Waals surface area contributed by atoms with Crippen molar-refractivity contribution in [1.29, 1.82) is 0 Å². The summed E-state index contributed by atoms with van der Waals surface area (Å²) < 4.78 is 0. The summed E-state index contributed by atoms with van der Waals surface area (Å²) in [5, 5.41) is 13.6. The van der Waals surface area contributed by atoms with Crippen LogP contribution in [0.2, 0.25) is 0 Å². The van der Waals surface area contributed by atoms with Crippen LogP contribution in [0.4, 0.5) is 5.95 Å². The minimum Gasteiger partial charge on any atom is -0.386 e. The average molecular weight is 328 g/mol. The highest BCUT2D eigenvalue weighted by atomic mass is 16.3. The van der Waals surface area contributed by atoms with Crippen LogP contribution in [0.3, 0.4) is 0 Å². The molecule has 0 saturated carbocycles. The van der Waals surface area contributed by atoms with Gasteiger partial charge in [0.1, 0.15) is 6.33 Å². The Morgan fingerprint density at radius 2 is 2.17 bits per heavy atom. The minimum absolute atomic E-state index is 0.156. The Kier molecular flexibility index (Phi) is 4.66. The highest BCUT2D eigenvalue weighted by Crippen LogP contribution is 2.23. The lowest BCUT2D eigenvalue weighted by Gasteiger charge is -2.39. The molecule has 3 rings (SSSR count). The van der Waals surface area contributed by atoms with Crippen LogP contribution in [-0.2, 0) is 0 Å². The minimum atomic E-state index is -1.02. The Balaban J connectivity index is 1.64. The number of rotatable bonds is 4. The fourth-order valence-electron chi connectivity index (χ4n) is 2.84. The maximum absolute atomic E-state index is 12.3. The second-order valence-corrected chi connectivity index (χ2v) is 6.00. The summed E-state index contributed by atoms with van der Waals surface area (Å²) in [6, 6.07) is 1.75. The lowest BCUT2D eigenvalue weighted by Crippen LogP contribution is -2.54. The second-order valence-electron chi connectivity index (χ2n) is 6.00. The lowest BCUT2D eigenvalue weighted by molar-refractivity contribution is 0.0252. The molecule has 0 aliphatic carbocycles. The summed E-state index contributed by atoms with van der Waals surface area (Å²) in [4.78, 5) is 30.5. The van der Waals surface area contributed by atoms with E-state index in [1.165, 1.54) is 12.5 Å². The van der Waals surface area contributed by atoms with Gasteiger partial charge in [0.25, 0.3) is 5.91 Å². The molecule has 0 aromatic carbocycles. The van der Waals surface area contributed by atoms with Gasteiger partial charge in [-0.15, -0.1) is 0 Å². The third kappa shape index (κ3) is 3.65. The SMILES string of the molecule is Cc1ncncc1C(=O)NC[C@]1(O)CCCN(c2ncccn2)C1. The molecule has 126 valence electrons.